The Morgan fingerprint density at radius 3 is 2.22 bits per heavy atom. The minimum absolute atomic E-state index is 0. The van der Waals surface area contributed by atoms with Crippen molar-refractivity contribution in [1.82, 2.24) is 14.2 Å². The highest BCUT2D eigenvalue weighted by atomic mass is 35.5. The number of hydrogen-bond donors (Lipinski definition) is 0. The number of amides is 2. The van der Waals surface area contributed by atoms with Crippen molar-refractivity contribution in [2.24, 2.45) is 35.5 Å². The van der Waals surface area contributed by atoms with Crippen LogP contribution in [-0.2, 0) is 9.59 Å². The number of carbonyl (C=O) groups excluding carboxylic acids is 2. The predicted octanol–water partition coefficient (Wildman–Crippen LogP) is 4.68. The first kappa shape index (κ1) is 17.0. The summed E-state index contributed by atoms with van der Waals surface area (Å²) < 4.78 is 76.7. The van der Waals surface area contributed by atoms with Crippen LogP contribution in [-0.4, -0.2) is 65.1 Å². The Kier molecular flexibility index (Phi) is 4.67. The van der Waals surface area contributed by atoms with E-state index >= 15 is 0 Å². The fourth-order valence-electron chi connectivity index (χ4n) is 7.39. The molecule has 7 rings (SSSR count). The number of likely N-dealkylation sites (tertiary alicyclic amines) is 1. The Morgan fingerprint density at radius 2 is 1.53 bits per heavy atom. The highest BCUT2D eigenvalue weighted by molar-refractivity contribution is 7.13. The topological polar surface area (TPSA) is 56.8 Å². The first-order valence-electron chi connectivity index (χ1n) is 17.0. The van der Waals surface area contributed by atoms with Gasteiger partial charge in [0, 0.05) is 49.9 Å². The smallest absolute Gasteiger partial charge is 0.233 e. The van der Waals surface area contributed by atoms with Crippen LogP contribution in [0.3, 0.4) is 0 Å². The summed E-state index contributed by atoms with van der Waals surface area (Å²) in [6.45, 7) is -12.0. The second-order valence-electron chi connectivity index (χ2n) is 10.9. The number of fused-ring (bicyclic) bond motifs is 6. The number of halogens is 1. The lowest BCUT2D eigenvalue weighted by Gasteiger charge is -2.40. The number of hydrogen-bond acceptors (Lipinski definition) is 6. The van der Waals surface area contributed by atoms with Gasteiger partial charge >= 0.3 is 0 Å². The van der Waals surface area contributed by atoms with E-state index in [0.717, 1.165) is 48.5 Å². The zero-order valence-electron chi connectivity index (χ0n) is 28.1. The van der Waals surface area contributed by atoms with Crippen LogP contribution >= 0.6 is 23.9 Å². The number of benzene rings is 1. The van der Waals surface area contributed by atoms with E-state index in [2.05, 4.69) is 4.37 Å². The fraction of sp³-hybridized carbons (Fsp3) is 0.679. The average molecular weight is 537 g/mol. The third-order valence-electron chi connectivity index (χ3n) is 9.08. The molecule has 2 amide bonds. The van der Waals surface area contributed by atoms with E-state index in [1.54, 1.807) is 24.3 Å². The molecule has 0 radical (unpaired) electrons. The molecule has 194 valence electrons. The van der Waals surface area contributed by atoms with E-state index < -0.39 is 26.0 Å². The Hall–Kier alpha value is -1.70. The Bertz CT molecular complexity index is 1420. The van der Waals surface area contributed by atoms with E-state index in [0.29, 0.717) is 27.8 Å². The van der Waals surface area contributed by atoms with Crippen LogP contribution in [0.25, 0.3) is 10.1 Å². The van der Waals surface area contributed by atoms with Gasteiger partial charge in [0.1, 0.15) is 5.82 Å². The van der Waals surface area contributed by atoms with Gasteiger partial charge in [-0.05, 0) is 79.4 Å². The van der Waals surface area contributed by atoms with Crippen LogP contribution in [0.1, 0.15) is 55.9 Å². The number of anilines is 1. The van der Waals surface area contributed by atoms with Crippen LogP contribution in [0, 0.1) is 35.5 Å². The van der Waals surface area contributed by atoms with Crippen molar-refractivity contribution in [3.8, 4) is 0 Å². The molecule has 1 aromatic carbocycles. The van der Waals surface area contributed by atoms with Crippen molar-refractivity contribution in [3.05, 3.63) is 24.3 Å². The molecule has 2 aromatic rings. The van der Waals surface area contributed by atoms with Crippen LogP contribution < -0.4 is 4.90 Å². The minimum atomic E-state index is -3.00. The molecule has 6 atom stereocenters. The Morgan fingerprint density at radius 1 is 0.889 bits per heavy atom. The summed E-state index contributed by atoms with van der Waals surface area (Å²) in [6.07, 6.45) is 5.86. The lowest BCUT2D eigenvalue weighted by molar-refractivity contribution is -0.142. The SMILES string of the molecule is Cl.[2H]C1([2H])N(CC2CCCC[C@@H]2CN2C(=O)C3C(C2=O)[C@H]2CC[C@@H]3C2)C([2H])([2H])C([2H])([2H])N(c2nsc3ccccc23)C1([2H])[2H]. The van der Waals surface area contributed by atoms with E-state index in [-0.39, 0.29) is 78.6 Å². The molecule has 3 heterocycles. The summed E-state index contributed by atoms with van der Waals surface area (Å²) in [6, 6.07) is 6.86. The van der Waals surface area contributed by atoms with Crippen molar-refractivity contribution < 1.29 is 20.6 Å². The zero-order chi connectivity index (χ0) is 30.7. The van der Waals surface area contributed by atoms with Crippen molar-refractivity contribution in [2.45, 2.75) is 44.9 Å². The number of carbonyl (C=O) groups is 2. The predicted molar refractivity (Wildman–Crippen MR) is 145 cm³/mol. The third kappa shape index (κ3) is 4.06. The minimum Gasteiger partial charge on any atom is -0.353 e. The molecule has 3 aliphatic carbocycles. The van der Waals surface area contributed by atoms with E-state index in [1.165, 1.54) is 4.90 Å². The molecule has 1 aromatic heterocycles. The van der Waals surface area contributed by atoms with Crippen molar-refractivity contribution in [3.63, 3.8) is 0 Å². The van der Waals surface area contributed by atoms with E-state index in [4.69, 9.17) is 11.0 Å². The van der Waals surface area contributed by atoms with Gasteiger partial charge in [-0.15, -0.1) is 12.4 Å². The quantitative estimate of drug-likeness (QED) is 0.519. The average Bonchev–Trinajstić information content (AvgIpc) is 3.72. The van der Waals surface area contributed by atoms with Crippen molar-refractivity contribution in [2.75, 3.05) is 44.0 Å². The molecule has 0 N–H and O–H groups in total. The molecule has 3 saturated carbocycles. The molecule has 5 aliphatic rings. The van der Waals surface area contributed by atoms with Crippen LogP contribution in [0.4, 0.5) is 5.82 Å². The summed E-state index contributed by atoms with van der Waals surface area (Å²) in [4.78, 5) is 29.6. The maximum absolute atomic E-state index is 13.4. The molecular weight excluding hydrogens is 492 g/mol. The summed E-state index contributed by atoms with van der Waals surface area (Å²) in [5.41, 5.74) is 0. The van der Waals surface area contributed by atoms with Crippen LogP contribution in [0.5, 0.6) is 0 Å². The standard InChI is InChI=1S/C28H36N4O2S.ClH/c33-27-24-18-9-10-19(15-18)25(24)28(34)32(27)17-21-6-2-1-5-20(21)16-30-11-13-31(14-12-30)26-22-7-3-4-8-23(22)35-29-26;/h3-4,7-8,18-21,24-25H,1-2,5-6,9-17H2;1H/t18-,19+,20?,21-,24?,25?;/m1./s1/i11D2,12D2,13D2,14D2;. The van der Waals surface area contributed by atoms with E-state index in [9.17, 15) is 9.59 Å². The Labute approximate surface area is 235 Å². The maximum atomic E-state index is 13.4. The number of rotatable bonds is 5. The molecule has 2 saturated heterocycles. The van der Waals surface area contributed by atoms with E-state index in [1.807, 2.05) is 0 Å². The normalized spacial score (nSPS) is 43.3. The van der Waals surface area contributed by atoms with Gasteiger partial charge in [0.05, 0.1) is 22.0 Å². The number of piperazine rings is 1. The molecule has 5 fully saturated rings. The molecular formula is C28H37ClN4O2S. The molecule has 2 aliphatic heterocycles. The zero-order valence-corrected chi connectivity index (χ0v) is 21.7. The third-order valence-corrected chi connectivity index (χ3v) is 9.90. The molecule has 8 heteroatoms. The van der Waals surface area contributed by atoms with Gasteiger partial charge in [0.15, 0.2) is 0 Å². The van der Waals surface area contributed by atoms with Crippen molar-refractivity contribution >= 4 is 51.7 Å². The number of imide groups is 1. The van der Waals surface area contributed by atoms with Gasteiger partial charge in [-0.2, -0.15) is 4.37 Å². The Balaban J connectivity index is 0.00000343. The second kappa shape index (κ2) is 9.88. The van der Waals surface area contributed by atoms with Gasteiger partial charge in [-0.3, -0.25) is 19.4 Å². The molecule has 36 heavy (non-hydrogen) atoms. The highest BCUT2D eigenvalue weighted by Gasteiger charge is 2.61. The highest BCUT2D eigenvalue weighted by Crippen LogP contribution is 2.56. The van der Waals surface area contributed by atoms with Crippen LogP contribution in [0.15, 0.2) is 24.3 Å². The first-order chi connectivity index (χ1) is 20.2. The van der Waals surface area contributed by atoms with Crippen molar-refractivity contribution in [1.29, 1.82) is 0 Å². The first-order valence-corrected chi connectivity index (χ1v) is 13.7. The van der Waals surface area contributed by atoms with Gasteiger partial charge < -0.3 is 4.90 Å². The largest absolute Gasteiger partial charge is 0.353 e. The van der Waals surface area contributed by atoms with Gasteiger partial charge in [-0.1, -0.05) is 25.0 Å². The summed E-state index contributed by atoms with van der Waals surface area (Å²) >= 11 is 1.02. The van der Waals surface area contributed by atoms with Gasteiger partial charge in [-0.25, -0.2) is 0 Å². The molecule has 2 bridgehead atoms. The number of nitrogens with zero attached hydrogens (tertiary/aromatic N) is 4. The molecule has 0 spiro atoms. The summed E-state index contributed by atoms with van der Waals surface area (Å²) in [7, 11) is 0. The fourth-order valence-corrected chi connectivity index (χ4v) is 8.15. The lowest BCUT2D eigenvalue weighted by atomic mass is 9.78. The summed E-state index contributed by atoms with van der Waals surface area (Å²) in [5.74, 6) is -0.817. The monoisotopic (exact) mass is 536 g/mol. The second-order valence-corrected chi connectivity index (χ2v) is 11.7. The molecule has 6 nitrogen and oxygen atoms in total. The van der Waals surface area contributed by atoms with Crippen LogP contribution in [0.2, 0.25) is 0 Å². The van der Waals surface area contributed by atoms with Gasteiger partial charge in [0.2, 0.25) is 11.8 Å². The number of aromatic nitrogens is 1. The molecule has 3 unspecified atom stereocenters. The maximum Gasteiger partial charge on any atom is 0.233 e. The summed E-state index contributed by atoms with van der Waals surface area (Å²) in [5, 5.41) is 0.422. The van der Waals surface area contributed by atoms with Gasteiger partial charge in [0.25, 0.3) is 0 Å². The lowest BCUT2D eigenvalue weighted by Crippen LogP contribution is -2.49.